The van der Waals surface area contributed by atoms with Crippen LogP contribution in [0.4, 0.5) is 14.9 Å². The van der Waals surface area contributed by atoms with Crippen molar-refractivity contribution >= 4 is 17.4 Å². The van der Waals surface area contributed by atoms with Gasteiger partial charge in [-0.2, -0.15) is 0 Å². The molecule has 0 aromatic heterocycles. The Morgan fingerprint density at radius 2 is 2.00 bits per heavy atom. The van der Waals surface area contributed by atoms with Gasteiger partial charge in [-0.1, -0.05) is 12.1 Å². The van der Waals surface area contributed by atoms with Gasteiger partial charge in [0.1, 0.15) is 5.82 Å². The molecule has 1 aromatic rings. The van der Waals surface area contributed by atoms with E-state index in [0.717, 1.165) is 11.1 Å². The Morgan fingerprint density at radius 1 is 1.23 bits per heavy atom. The number of rotatable bonds is 2. The van der Waals surface area contributed by atoms with Crippen LogP contribution in [0, 0.1) is 5.82 Å². The lowest BCUT2D eigenvalue weighted by Gasteiger charge is -2.29. The van der Waals surface area contributed by atoms with Gasteiger partial charge in [0.25, 0.3) is 0 Å². The van der Waals surface area contributed by atoms with Crippen LogP contribution in [0.2, 0.25) is 0 Å². The Morgan fingerprint density at radius 3 is 2.59 bits per heavy atom. The first-order valence-corrected chi connectivity index (χ1v) is 7.44. The standard InChI is InChI=1S/C16H19FN2O3/c17-14-11-13(12-3-5-19(6-4-12)16(20)21)1-2-15(14)18-7-9-22-10-8-18/h1-3,11H,4-10H2,(H,20,21). The van der Waals surface area contributed by atoms with Gasteiger partial charge < -0.3 is 19.6 Å². The molecule has 0 saturated carbocycles. The summed E-state index contributed by atoms with van der Waals surface area (Å²) in [5.41, 5.74) is 2.44. The van der Waals surface area contributed by atoms with Crippen LogP contribution in [-0.4, -0.2) is 55.5 Å². The third-order valence-electron chi connectivity index (χ3n) is 4.15. The highest BCUT2D eigenvalue weighted by Gasteiger charge is 2.19. The number of nitrogens with zero attached hydrogens (tertiary/aromatic N) is 2. The first-order chi connectivity index (χ1) is 10.6. The molecule has 2 heterocycles. The molecule has 1 saturated heterocycles. The number of anilines is 1. The molecule has 3 rings (SSSR count). The molecule has 0 radical (unpaired) electrons. The second-order valence-corrected chi connectivity index (χ2v) is 5.47. The summed E-state index contributed by atoms with van der Waals surface area (Å²) in [7, 11) is 0. The second-order valence-electron chi connectivity index (χ2n) is 5.47. The number of amides is 1. The Labute approximate surface area is 128 Å². The summed E-state index contributed by atoms with van der Waals surface area (Å²) in [5, 5.41) is 8.94. The summed E-state index contributed by atoms with van der Waals surface area (Å²) in [5.74, 6) is -0.235. The summed E-state index contributed by atoms with van der Waals surface area (Å²) in [6.45, 7) is 3.46. The van der Waals surface area contributed by atoms with Crippen LogP contribution in [0.15, 0.2) is 24.3 Å². The largest absolute Gasteiger partial charge is 0.465 e. The van der Waals surface area contributed by atoms with E-state index in [0.29, 0.717) is 51.5 Å². The summed E-state index contributed by atoms with van der Waals surface area (Å²) in [6, 6.07) is 5.27. The third kappa shape index (κ3) is 3.06. The molecule has 1 amide bonds. The molecule has 2 aliphatic heterocycles. The zero-order chi connectivity index (χ0) is 15.5. The second kappa shape index (κ2) is 6.36. The summed E-state index contributed by atoms with van der Waals surface area (Å²) in [4.78, 5) is 14.2. The number of morpholine rings is 1. The number of benzene rings is 1. The van der Waals surface area contributed by atoms with Crippen LogP contribution in [0.3, 0.4) is 0 Å². The molecule has 0 aliphatic carbocycles. The van der Waals surface area contributed by atoms with Crippen molar-refractivity contribution in [2.75, 3.05) is 44.3 Å². The number of carboxylic acid groups (broad SMARTS) is 1. The molecular formula is C16H19FN2O3. The van der Waals surface area contributed by atoms with Crippen molar-refractivity contribution < 1.29 is 19.0 Å². The van der Waals surface area contributed by atoms with E-state index in [2.05, 4.69) is 0 Å². The van der Waals surface area contributed by atoms with Gasteiger partial charge in [-0.15, -0.1) is 0 Å². The Balaban J connectivity index is 1.76. The average molecular weight is 306 g/mol. The normalized spacial score (nSPS) is 19.0. The minimum atomic E-state index is -0.913. The number of halogens is 1. The molecule has 0 unspecified atom stereocenters. The Bertz CT molecular complexity index is 597. The predicted molar refractivity (Wildman–Crippen MR) is 81.6 cm³/mol. The zero-order valence-corrected chi connectivity index (χ0v) is 12.3. The fourth-order valence-corrected chi connectivity index (χ4v) is 2.87. The quantitative estimate of drug-likeness (QED) is 0.912. The first kappa shape index (κ1) is 14.8. The lowest BCUT2D eigenvalue weighted by Crippen LogP contribution is -2.36. The van der Waals surface area contributed by atoms with Crippen molar-refractivity contribution in [3.8, 4) is 0 Å². The topological polar surface area (TPSA) is 53.0 Å². The number of hydrogen-bond acceptors (Lipinski definition) is 3. The van der Waals surface area contributed by atoms with E-state index in [9.17, 15) is 9.18 Å². The SMILES string of the molecule is O=C(O)N1CC=C(c2ccc(N3CCOCC3)c(F)c2)CC1. The van der Waals surface area contributed by atoms with Gasteiger partial charge in [0, 0.05) is 26.2 Å². The van der Waals surface area contributed by atoms with E-state index in [1.165, 1.54) is 4.90 Å². The monoisotopic (exact) mass is 306 g/mol. The molecule has 22 heavy (non-hydrogen) atoms. The minimum Gasteiger partial charge on any atom is -0.465 e. The minimum absolute atomic E-state index is 0.235. The lowest BCUT2D eigenvalue weighted by molar-refractivity contribution is 0.122. The van der Waals surface area contributed by atoms with Crippen molar-refractivity contribution in [1.29, 1.82) is 0 Å². The number of ether oxygens (including phenoxy) is 1. The predicted octanol–water partition coefficient (Wildman–Crippen LogP) is 2.43. The van der Waals surface area contributed by atoms with Gasteiger partial charge >= 0.3 is 6.09 Å². The van der Waals surface area contributed by atoms with Crippen LogP contribution >= 0.6 is 0 Å². The molecule has 118 valence electrons. The summed E-state index contributed by atoms with van der Waals surface area (Å²) < 4.78 is 19.7. The van der Waals surface area contributed by atoms with Gasteiger partial charge in [0.2, 0.25) is 0 Å². The Kier molecular flexibility index (Phi) is 4.29. The maximum Gasteiger partial charge on any atom is 0.407 e. The highest BCUT2D eigenvalue weighted by molar-refractivity contribution is 5.72. The smallest absolute Gasteiger partial charge is 0.407 e. The van der Waals surface area contributed by atoms with E-state index in [1.807, 2.05) is 17.0 Å². The molecule has 0 spiro atoms. The first-order valence-electron chi connectivity index (χ1n) is 7.44. The fourth-order valence-electron chi connectivity index (χ4n) is 2.87. The van der Waals surface area contributed by atoms with Gasteiger partial charge in [0.15, 0.2) is 0 Å². The molecule has 1 fully saturated rings. The van der Waals surface area contributed by atoms with E-state index < -0.39 is 6.09 Å². The Hall–Kier alpha value is -2.08. The summed E-state index contributed by atoms with van der Waals surface area (Å²) in [6.07, 6.45) is 1.56. The molecule has 5 nitrogen and oxygen atoms in total. The van der Waals surface area contributed by atoms with E-state index in [-0.39, 0.29) is 5.82 Å². The van der Waals surface area contributed by atoms with Crippen LogP contribution in [0.1, 0.15) is 12.0 Å². The number of carbonyl (C=O) groups is 1. The van der Waals surface area contributed by atoms with Gasteiger partial charge in [-0.05, 0) is 29.7 Å². The fraction of sp³-hybridized carbons (Fsp3) is 0.438. The molecule has 2 aliphatic rings. The average Bonchev–Trinajstić information content (AvgIpc) is 2.55. The van der Waals surface area contributed by atoms with Crippen LogP contribution in [0.25, 0.3) is 5.57 Å². The molecular weight excluding hydrogens is 287 g/mol. The number of hydrogen-bond donors (Lipinski definition) is 1. The van der Waals surface area contributed by atoms with Gasteiger partial charge in [0.05, 0.1) is 18.9 Å². The lowest BCUT2D eigenvalue weighted by atomic mass is 9.99. The maximum absolute atomic E-state index is 14.4. The van der Waals surface area contributed by atoms with E-state index in [4.69, 9.17) is 9.84 Å². The molecule has 6 heteroatoms. The van der Waals surface area contributed by atoms with Crippen LogP contribution in [-0.2, 0) is 4.74 Å². The molecule has 1 aromatic carbocycles. The zero-order valence-electron chi connectivity index (χ0n) is 12.3. The summed E-state index contributed by atoms with van der Waals surface area (Å²) >= 11 is 0. The third-order valence-corrected chi connectivity index (χ3v) is 4.15. The van der Waals surface area contributed by atoms with Crippen LogP contribution in [0.5, 0.6) is 0 Å². The molecule has 0 bridgehead atoms. The maximum atomic E-state index is 14.4. The molecule has 0 atom stereocenters. The van der Waals surface area contributed by atoms with Crippen molar-refractivity contribution in [1.82, 2.24) is 4.90 Å². The van der Waals surface area contributed by atoms with Crippen molar-refractivity contribution in [3.05, 3.63) is 35.7 Å². The van der Waals surface area contributed by atoms with Crippen molar-refractivity contribution in [2.45, 2.75) is 6.42 Å². The van der Waals surface area contributed by atoms with E-state index in [1.54, 1.807) is 12.1 Å². The van der Waals surface area contributed by atoms with Gasteiger partial charge in [-0.3, -0.25) is 0 Å². The van der Waals surface area contributed by atoms with E-state index >= 15 is 0 Å². The van der Waals surface area contributed by atoms with Gasteiger partial charge in [-0.25, -0.2) is 9.18 Å². The van der Waals surface area contributed by atoms with Crippen LogP contribution < -0.4 is 4.90 Å². The highest BCUT2D eigenvalue weighted by Crippen LogP contribution is 2.28. The van der Waals surface area contributed by atoms with Crippen molar-refractivity contribution in [3.63, 3.8) is 0 Å². The van der Waals surface area contributed by atoms with Crippen molar-refractivity contribution in [2.24, 2.45) is 0 Å². The highest BCUT2D eigenvalue weighted by atomic mass is 19.1. The molecule has 1 N–H and O–H groups in total.